The molecule has 1 aliphatic heterocycles. The maximum Gasteiger partial charge on any atom is 0.397 e. The van der Waals surface area contributed by atoms with Gasteiger partial charge in [0.15, 0.2) is 0 Å². The smallest absolute Gasteiger partial charge is 0.397 e. The molecule has 1 aromatic carbocycles. The Bertz CT molecular complexity index is 1580. The highest BCUT2D eigenvalue weighted by Gasteiger charge is 2.64. The molecule has 1 aliphatic carbocycles. The van der Waals surface area contributed by atoms with E-state index in [1.165, 1.54) is 41.3 Å². The fraction of sp³-hybridized carbons (Fsp3) is 0.464. The van der Waals surface area contributed by atoms with Crippen LogP contribution in [0.2, 0.25) is 0 Å². The van der Waals surface area contributed by atoms with Crippen LogP contribution < -0.4 is 14.4 Å². The Kier molecular flexibility index (Phi) is 7.07. The molecule has 2 fully saturated rings. The van der Waals surface area contributed by atoms with Crippen molar-refractivity contribution in [1.82, 2.24) is 19.5 Å². The number of ether oxygens (including phenoxy) is 1. The quantitative estimate of drug-likeness (QED) is 0.391. The zero-order chi connectivity index (χ0) is 29.8. The van der Waals surface area contributed by atoms with Crippen LogP contribution in [0.3, 0.4) is 0 Å². The highest BCUT2D eigenvalue weighted by atomic mass is 32.2. The Balaban J connectivity index is 1.52. The molecule has 2 aromatic heterocycles. The Morgan fingerprint density at radius 3 is 2.54 bits per heavy atom. The van der Waals surface area contributed by atoms with Gasteiger partial charge in [0.05, 0.1) is 10.6 Å². The first-order chi connectivity index (χ1) is 19.1. The van der Waals surface area contributed by atoms with Crippen LogP contribution in [-0.4, -0.2) is 54.0 Å². The summed E-state index contributed by atoms with van der Waals surface area (Å²) in [5.74, 6) is -0.393. The number of sulfonamides is 1. The van der Waals surface area contributed by atoms with E-state index < -0.39 is 34.1 Å². The van der Waals surface area contributed by atoms with Gasteiger partial charge in [0.2, 0.25) is 5.88 Å². The van der Waals surface area contributed by atoms with Crippen molar-refractivity contribution >= 4 is 21.7 Å². The molecule has 5 rings (SSSR count). The summed E-state index contributed by atoms with van der Waals surface area (Å²) in [6, 6.07) is 9.07. The average Bonchev–Trinajstić information content (AvgIpc) is 3.45. The Hall–Kier alpha value is -3.61. The minimum absolute atomic E-state index is 0.00526. The second kappa shape index (κ2) is 10.0. The summed E-state index contributed by atoms with van der Waals surface area (Å²) >= 11 is 0. The van der Waals surface area contributed by atoms with Crippen LogP contribution in [0.5, 0.6) is 5.88 Å². The number of aryl methyl sites for hydroxylation is 1. The largest absolute Gasteiger partial charge is 0.476 e. The molecule has 0 unspecified atom stereocenters. The van der Waals surface area contributed by atoms with Gasteiger partial charge in [0, 0.05) is 30.5 Å². The molecule has 1 atom stereocenters. The van der Waals surface area contributed by atoms with Gasteiger partial charge in [0.1, 0.15) is 23.4 Å². The third-order valence-electron chi connectivity index (χ3n) is 7.75. The first-order valence-corrected chi connectivity index (χ1v) is 14.8. The second-order valence-corrected chi connectivity index (χ2v) is 13.4. The van der Waals surface area contributed by atoms with E-state index in [4.69, 9.17) is 4.74 Å². The van der Waals surface area contributed by atoms with Gasteiger partial charge in [-0.15, -0.1) is 5.10 Å². The molecule has 13 heteroatoms. The summed E-state index contributed by atoms with van der Waals surface area (Å²) in [7, 11) is -4.24. The molecular formula is C28H32F3N5O4S. The SMILES string of the molecule is Cc1cccc(S(=O)(=O)NC(=O)c2c(-n3ccc(OCC4(C(F)(F)F)CC4)n3)ccnc2N2C[C@@H](C)CC2(C)C)c1. The maximum absolute atomic E-state index is 13.8. The van der Waals surface area contributed by atoms with E-state index >= 15 is 0 Å². The molecule has 0 radical (unpaired) electrons. The highest BCUT2D eigenvalue weighted by molar-refractivity contribution is 7.90. The van der Waals surface area contributed by atoms with E-state index in [1.807, 2.05) is 18.7 Å². The number of aromatic nitrogens is 3. The zero-order valence-corrected chi connectivity index (χ0v) is 24.0. The lowest BCUT2D eigenvalue weighted by Gasteiger charge is -2.34. The first kappa shape index (κ1) is 28.9. The molecule has 1 amide bonds. The summed E-state index contributed by atoms with van der Waals surface area (Å²) in [4.78, 5) is 20.2. The van der Waals surface area contributed by atoms with Gasteiger partial charge in [-0.3, -0.25) is 4.79 Å². The maximum atomic E-state index is 13.8. The number of halogens is 3. The van der Waals surface area contributed by atoms with Crippen molar-refractivity contribution in [2.75, 3.05) is 18.1 Å². The number of anilines is 1. The van der Waals surface area contributed by atoms with Crippen LogP contribution in [0.1, 0.15) is 56.0 Å². The molecule has 0 bridgehead atoms. The number of rotatable bonds is 8. The summed E-state index contributed by atoms with van der Waals surface area (Å²) in [6.45, 7) is 7.89. The van der Waals surface area contributed by atoms with Crippen molar-refractivity contribution in [3.05, 3.63) is 59.9 Å². The van der Waals surface area contributed by atoms with E-state index in [0.717, 1.165) is 6.42 Å². The molecule has 3 aromatic rings. The van der Waals surface area contributed by atoms with Crippen molar-refractivity contribution < 1.29 is 31.1 Å². The predicted octanol–water partition coefficient (Wildman–Crippen LogP) is 5.04. The summed E-state index contributed by atoms with van der Waals surface area (Å²) < 4.78 is 75.4. The van der Waals surface area contributed by atoms with Gasteiger partial charge < -0.3 is 9.64 Å². The third-order valence-corrected chi connectivity index (χ3v) is 9.08. The lowest BCUT2D eigenvalue weighted by molar-refractivity contribution is -0.194. The lowest BCUT2D eigenvalue weighted by atomic mass is 9.97. The minimum Gasteiger partial charge on any atom is -0.476 e. The number of hydrogen-bond acceptors (Lipinski definition) is 7. The highest BCUT2D eigenvalue weighted by Crippen LogP contribution is 2.57. The summed E-state index contributed by atoms with van der Waals surface area (Å²) in [5, 5.41) is 4.27. The number of amides is 1. The van der Waals surface area contributed by atoms with Crippen molar-refractivity contribution in [1.29, 1.82) is 0 Å². The van der Waals surface area contributed by atoms with Crippen molar-refractivity contribution in [2.45, 2.75) is 63.6 Å². The van der Waals surface area contributed by atoms with Gasteiger partial charge in [-0.25, -0.2) is 22.8 Å². The number of carbonyl (C=O) groups is 1. The monoisotopic (exact) mass is 591 g/mol. The van der Waals surface area contributed by atoms with Crippen LogP contribution in [0.15, 0.2) is 53.7 Å². The number of nitrogens with one attached hydrogen (secondary N) is 1. The third kappa shape index (κ3) is 5.64. The van der Waals surface area contributed by atoms with Crippen LogP contribution in [0, 0.1) is 18.3 Å². The molecule has 220 valence electrons. The standard InChI is InChI=1S/C28H32F3N5O4S/c1-18-6-5-7-20(14-18)41(38,39)34-25(37)23-21(8-12-32-24(23)35-16-19(2)15-26(35,3)4)36-13-9-22(33-36)40-17-27(10-11-27)28(29,30)31/h5-9,12-14,19H,10-11,15-17H2,1-4H3,(H,34,37)/t19-/m0/s1. The fourth-order valence-electron chi connectivity index (χ4n) is 5.42. The Labute approximate surface area is 236 Å². The van der Waals surface area contributed by atoms with Crippen LogP contribution in [0.25, 0.3) is 5.69 Å². The fourth-order valence-corrected chi connectivity index (χ4v) is 6.48. The normalized spacial score (nSPS) is 19.7. The van der Waals surface area contributed by atoms with Gasteiger partial charge in [-0.2, -0.15) is 13.2 Å². The van der Waals surface area contributed by atoms with Crippen LogP contribution in [-0.2, 0) is 10.0 Å². The zero-order valence-electron chi connectivity index (χ0n) is 23.2. The van der Waals surface area contributed by atoms with Crippen molar-refractivity contribution in [3.63, 3.8) is 0 Å². The first-order valence-electron chi connectivity index (χ1n) is 13.3. The van der Waals surface area contributed by atoms with E-state index in [0.29, 0.717) is 12.1 Å². The molecule has 41 heavy (non-hydrogen) atoms. The van der Waals surface area contributed by atoms with E-state index in [9.17, 15) is 26.4 Å². The topological polar surface area (TPSA) is 106 Å². The van der Waals surface area contributed by atoms with Gasteiger partial charge in [0.25, 0.3) is 15.9 Å². The molecule has 0 spiro atoms. The molecule has 1 saturated carbocycles. The summed E-state index contributed by atoms with van der Waals surface area (Å²) in [6.07, 6.45) is -0.624. The molecule has 1 saturated heterocycles. The summed E-state index contributed by atoms with van der Waals surface area (Å²) in [5.41, 5.74) is -1.38. The molecule has 2 aliphatic rings. The average molecular weight is 592 g/mol. The molecular weight excluding hydrogens is 559 g/mol. The van der Waals surface area contributed by atoms with Gasteiger partial charge in [-0.05, 0) is 69.7 Å². The van der Waals surface area contributed by atoms with Gasteiger partial charge in [-0.1, -0.05) is 19.1 Å². The number of benzene rings is 1. The number of pyridine rings is 1. The Morgan fingerprint density at radius 1 is 1.20 bits per heavy atom. The van der Waals surface area contributed by atoms with Crippen LogP contribution >= 0.6 is 0 Å². The number of alkyl halides is 3. The van der Waals surface area contributed by atoms with Crippen LogP contribution in [0.4, 0.5) is 19.0 Å². The molecule has 3 heterocycles. The number of hydrogen-bond donors (Lipinski definition) is 1. The number of nitrogens with zero attached hydrogens (tertiary/aromatic N) is 4. The predicted molar refractivity (Wildman–Crippen MR) is 146 cm³/mol. The Morgan fingerprint density at radius 2 is 1.93 bits per heavy atom. The van der Waals surface area contributed by atoms with Crippen molar-refractivity contribution in [2.24, 2.45) is 11.3 Å². The van der Waals surface area contributed by atoms with E-state index in [1.54, 1.807) is 19.1 Å². The van der Waals surface area contributed by atoms with Gasteiger partial charge >= 0.3 is 6.18 Å². The van der Waals surface area contributed by atoms with E-state index in [2.05, 4.69) is 21.7 Å². The minimum atomic E-state index is -4.37. The molecule has 1 N–H and O–H groups in total. The second-order valence-electron chi connectivity index (χ2n) is 11.7. The molecule has 9 nitrogen and oxygen atoms in total. The lowest BCUT2D eigenvalue weighted by Crippen LogP contribution is -2.41. The number of carbonyl (C=O) groups excluding carboxylic acids is 1. The van der Waals surface area contributed by atoms with E-state index in [-0.39, 0.29) is 52.1 Å². The van der Waals surface area contributed by atoms with Crippen molar-refractivity contribution in [3.8, 4) is 11.6 Å².